The van der Waals surface area contributed by atoms with Crippen molar-refractivity contribution in [3.05, 3.63) is 23.9 Å². The van der Waals surface area contributed by atoms with E-state index in [0.717, 1.165) is 45.7 Å². The van der Waals surface area contributed by atoms with Gasteiger partial charge in [0.15, 0.2) is 0 Å². The highest BCUT2D eigenvalue weighted by molar-refractivity contribution is 5.98. The molecule has 2 atom stereocenters. The zero-order chi connectivity index (χ0) is 20.1. The fraction of sp³-hybridized carbons (Fsp3) is 0.650. The van der Waals surface area contributed by atoms with Crippen molar-refractivity contribution in [3.8, 4) is 0 Å². The molecule has 2 saturated heterocycles. The normalized spacial score (nSPS) is 24.1. The maximum absolute atomic E-state index is 12.2. The van der Waals surface area contributed by atoms with Crippen LogP contribution in [0.3, 0.4) is 0 Å². The van der Waals surface area contributed by atoms with Gasteiger partial charge in [0.25, 0.3) is 5.91 Å². The molecule has 0 radical (unpaired) electrons. The molecule has 0 spiro atoms. The highest BCUT2D eigenvalue weighted by Gasteiger charge is 2.35. The van der Waals surface area contributed by atoms with E-state index in [1.54, 1.807) is 25.4 Å². The summed E-state index contributed by atoms with van der Waals surface area (Å²) >= 11 is 0. The Morgan fingerprint density at radius 3 is 2.68 bits per heavy atom. The minimum atomic E-state index is -0.752. The van der Waals surface area contributed by atoms with Crippen molar-refractivity contribution in [2.75, 3.05) is 58.3 Å². The summed E-state index contributed by atoms with van der Waals surface area (Å²) < 4.78 is 0. The number of carboxylic acids is 1. The van der Waals surface area contributed by atoms with Crippen molar-refractivity contribution in [1.82, 2.24) is 20.1 Å². The first-order chi connectivity index (χ1) is 13.5. The molecule has 0 saturated carbocycles. The van der Waals surface area contributed by atoms with Gasteiger partial charge < -0.3 is 20.2 Å². The number of nitrogens with zero attached hydrogens (tertiary/aromatic N) is 4. The molecule has 2 aliphatic heterocycles. The lowest BCUT2D eigenvalue weighted by molar-refractivity contribution is -0.137. The molecular weight excluding hydrogens is 358 g/mol. The zero-order valence-corrected chi connectivity index (χ0v) is 16.8. The lowest BCUT2D eigenvalue weighted by Crippen LogP contribution is -2.56. The molecule has 8 heteroatoms. The molecule has 1 aromatic rings. The molecule has 1 aromatic heterocycles. The Morgan fingerprint density at radius 2 is 2.00 bits per heavy atom. The van der Waals surface area contributed by atoms with Crippen molar-refractivity contribution in [3.63, 3.8) is 0 Å². The number of carboxylic acid groups (broad SMARTS) is 1. The quantitative estimate of drug-likeness (QED) is 0.742. The maximum atomic E-state index is 12.2. The van der Waals surface area contributed by atoms with Crippen LogP contribution in [0.15, 0.2) is 18.3 Å². The Morgan fingerprint density at radius 1 is 1.25 bits per heavy atom. The summed E-state index contributed by atoms with van der Waals surface area (Å²) in [6.45, 7) is 5.70. The van der Waals surface area contributed by atoms with Crippen LogP contribution in [0.1, 0.15) is 29.6 Å². The standard InChI is InChI=1S/C20H31N5O3/c1-21-20(28)16-4-3-8-22-19(16)25-9-7-17(15(14-25)5-6-18(26)27)24-12-10-23(2)11-13-24/h3-4,8,15,17H,5-7,9-14H2,1-2H3,(H,21,28)(H,26,27)/t15-,17+/m1/s1. The highest BCUT2D eigenvalue weighted by atomic mass is 16.4. The van der Waals surface area contributed by atoms with Crippen LogP contribution in [0.5, 0.6) is 0 Å². The van der Waals surface area contributed by atoms with Gasteiger partial charge in [-0.25, -0.2) is 4.98 Å². The molecule has 3 heterocycles. The first-order valence-corrected chi connectivity index (χ1v) is 10.1. The third kappa shape index (κ3) is 4.80. The number of carbonyl (C=O) groups is 2. The van der Waals surface area contributed by atoms with Gasteiger partial charge in [-0.3, -0.25) is 14.5 Å². The van der Waals surface area contributed by atoms with E-state index in [9.17, 15) is 14.7 Å². The van der Waals surface area contributed by atoms with E-state index in [-0.39, 0.29) is 18.2 Å². The van der Waals surface area contributed by atoms with Crippen LogP contribution >= 0.6 is 0 Å². The third-order valence-electron chi connectivity index (χ3n) is 5.99. The monoisotopic (exact) mass is 389 g/mol. The van der Waals surface area contributed by atoms with Crippen molar-refractivity contribution >= 4 is 17.7 Å². The Balaban J connectivity index is 1.77. The van der Waals surface area contributed by atoms with E-state index >= 15 is 0 Å². The lowest BCUT2D eigenvalue weighted by atomic mass is 9.86. The van der Waals surface area contributed by atoms with E-state index in [0.29, 0.717) is 23.8 Å². The van der Waals surface area contributed by atoms with Gasteiger partial charge >= 0.3 is 5.97 Å². The molecule has 1 amide bonds. The van der Waals surface area contributed by atoms with E-state index in [2.05, 4.69) is 32.0 Å². The number of aliphatic carboxylic acids is 1. The van der Waals surface area contributed by atoms with Crippen LogP contribution < -0.4 is 10.2 Å². The summed E-state index contributed by atoms with van der Waals surface area (Å²) in [5, 5.41) is 11.9. The predicted molar refractivity (Wildman–Crippen MR) is 108 cm³/mol. The average molecular weight is 390 g/mol. The van der Waals surface area contributed by atoms with Gasteiger partial charge in [-0.1, -0.05) is 0 Å². The van der Waals surface area contributed by atoms with Gasteiger partial charge in [0, 0.05) is 65.0 Å². The third-order valence-corrected chi connectivity index (χ3v) is 5.99. The average Bonchev–Trinajstić information content (AvgIpc) is 2.72. The largest absolute Gasteiger partial charge is 0.481 e. The SMILES string of the molecule is CNC(=O)c1cccnc1N1CC[C@H](N2CCN(C)CC2)[C@H](CCC(=O)O)C1. The summed E-state index contributed by atoms with van der Waals surface area (Å²) in [6.07, 6.45) is 3.48. The molecule has 154 valence electrons. The first-order valence-electron chi connectivity index (χ1n) is 10.1. The molecule has 2 fully saturated rings. The van der Waals surface area contributed by atoms with Gasteiger partial charge in [-0.05, 0) is 37.9 Å². The van der Waals surface area contributed by atoms with E-state index in [4.69, 9.17) is 0 Å². The number of piperidine rings is 1. The van der Waals surface area contributed by atoms with Gasteiger partial charge in [0.1, 0.15) is 5.82 Å². The number of nitrogens with one attached hydrogen (secondary N) is 1. The fourth-order valence-electron chi connectivity index (χ4n) is 4.40. The molecule has 0 aliphatic carbocycles. The van der Waals surface area contributed by atoms with Crippen LogP contribution in [-0.2, 0) is 4.79 Å². The Labute approximate surface area is 166 Å². The number of hydrogen-bond donors (Lipinski definition) is 2. The summed E-state index contributed by atoms with van der Waals surface area (Å²) in [6, 6.07) is 3.95. The van der Waals surface area contributed by atoms with Crippen molar-refractivity contribution in [2.24, 2.45) is 5.92 Å². The number of hydrogen-bond acceptors (Lipinski definition) is 6. The number of likely N-dealkylation sites (N-methyl/N-ethyl adjacent to an activating group) is 1. The van der Waals surface area contributed by atoms with Crippen molar-refractivity contribution in [1.29, 1.82) is 0 Å². The molecule has 0 aromatic carbocycles. The van der Waals surface area contributed by atoms with Crippen LogP contribution in [0.25, 0.3) is 0 Å². The van der Waals surface area contributed by atoms with Crippen LogP contribution in [0, 0.1) is 5.92 Å². The number of anilines is 1. The summed E-state index contributed by atoms with van der Waals surface area (Å²) in [7, 11) is 3.76. The van der Waals surface area contributed by atoms with Gasteiger partial charge in [-0.2, -0.15) is 0 Å². The molecular formula is C20H31N5O3. The van der Waals surface area contributed by atoms with Crippen LogP contribution in [-0.4, -0.2) is 91.2 Å². The molecule has 3 rings (SSSR count). The number of pyridine rings is 1. The van der Waals surface area contributed by atoms with Crippen molar-refractivity contribution < 1.29 is 14.7 Å². The Hall–Kier alpha value is -2.19. The molecule has 28 heavy (non-hydrogen) atoms. The molecule has 0 bridgehead atoms. The van der Waals surface area contributed by atoms with Crippen molar-refractivity contribution in [2.45, 2.75) is 25.3 Å². The molecule has 8 nitrogen and oxygen atoms in total. The summed E-state index contributed by atoms with van der Waals surface area (Å²) in [5.41, 5.74) is 0.569. The topological polar surface area (TPSA) is 89.0 Å². The highest BCUT2D eigenvalue weighted by Crippen LogP contribution is 2.30. The minimum Gasteiger partial charge on any atom is -0.481 e. The van der Waals surface area contributed by atoms with Gasteiger partial charge in [0.2, 0.25) is 0 Å². The fourth-order valence-corrected chi connectivity index (χ4v) is 4.40. The number of rotatable bonds is 6. The van der Waals surface area contributed by atoms with E-state index < -0.39 is 5.97 Å². The summed E-state index contributed by atoms with van der Waals surface area (Å²) in [5.74, 6) is 0.0383. The lowest BCUT2D eigenvalue weighted by Gasteiger charge is -2.47. The maximum Gasteiger partial charge on any atom is 0.303 e. The first kappa shape index (κ1) is 20.5. The van der Waals surface area contributed by atoms with Crippen LogP contribution in [0.2, 0.25) is 0 Å². The Kier molecular flexibility index (Phi) is 6.85. The summed E-state index contributed by atoms with van der Waals surface area (Å²) in [4.78, 5) is 34.9. The molecule has 0 unspecified atom stereocenters. The Bertz CT molecular complexity index is 690. The minimum absolute atomic E-state index is 0.147. The number of carbonyl (C=O) groups excluding carboxylic acids is 1. The van der Waals surface area contributed by atoms with E-state index in [1.165, 1.54) is 0 Å². The molecule has 2 aliphatic rings. The second kappa shape index (κ2) is 9.34. The zero-order valence-electron chi connectivity index (χ0n) is 16.8. The van der Waals surface area contributed by atoms with Gasteiger partial charge in [0.05, 0.1) is 5.56 Å². The number of piperazine rings is 1. The van der Waals surface area contributed by atoms with Gasteiger partial charge in [-0.15, -0.1) is 0 Å². The predicted octanol–water partition coefficient (Wildman–Crippen LogP) is 0.748. The number of amides is 1. The number of aromatic nitrogens is 1. The second-order valence-electron chi connectivity index (χ2n) is 7.79. The van der Waals surface area contributed by atoms with Crippen LogP contribution in [0.4, 0.5) is 5.82 Å². The van der Waals surface area contributed by atoms with E-state index in [1.807, 2.05) is 0 Å². The smallest absolute Gasteiger partial charge is 0.303 e. The molecule has 2 N–H and O–H groups in total. The second-order valence-corrected chi connectivity index (χ2v) is 7.79.